The van der Waals surface area contributed by atoms with E-state index >= 15 is 0 Å². The number of imidazole rings is 1. The van der Waals surface area contributed by atoms with Crippen molar-refractivity contribution >= 4 is 11.6 Å². The molecule has 37 heavy (non-hydrogen) atoms. The van der Waals surface area contributed by atoms with Gasteiger partial charge in [-0.15, -0.1) is 0 Å². The van der Waals surface area contributed by atoms with Gasteiger partial charge >= 0.3 is 0 Å². The zero-order valence-corrected chi connectivity index (χ0v) is 20.7. The summed E-state index contributed by atoms with van der Waals surface area (Å²) in [5.41, 5.74) is 8.44. The van der Waals surface area contributed by atoms with Crippen LogP contribution in [0.1, 0.15) is 53.3 Å². The highest BCUT2D eigenvalue weighted by Crippen LogP contribution is 2.37. The first-order chi connectivity index (χ1) is 17.9. The second kappa shape index (κ2) is 10.5. The molecule has 4 aromatic rings. The van der Waals surface area contributed by atoms with Crippen LogP contribution in [0.25, 0.3) is 5.69 Å². The monoisotopic (exact) mass is 501 g/mol. The van der Waals surface area contributed by atoms with E-state index in [0.29, 0.717) is 18.2 Å². The summed E-state index contributed by atoms with van der Waals surface area (Å²) < 4.78 is 20.1. The van der Waals surface area contributed by atoms with Crippen LogP contribution in [0.15, 0.2) is 78.4 Å². The lowest BCUT2D eigenvalue weighted by molar-refractivity contribution is -0.670. The molecule has 1 atom stereocenters. The molecule has 2 heterocycles. The molecule has 2 aromatic heterocycles. The van der Waals surface area contributed by atoms with E-state index in [1.807, 2.05) is 31.3 Å². The Morgan fingerprint density at radius 1 is 1.27 bits per heavy atom. The van der Waals surface area contributed by atoms with Gasteiger partial charge in [-0.25, -0.2) is 8.96 Å². The molecule has 190 valence electrons. The molecule has 1 aliphatic carbocycles. The molecule has 0 radical (unpaired) electrons. The molecule has 0 saturated heterocycles. The molecule has 1 aliphatic rings. The van der Waals surface area contributed by atoms with Gasteiger partial charge in [0, 0.05) is 18.9 Å². The predicted molar refractivity (Wildman–Crippen MR) is 138 cm³/mol. The van der Waals surface area contributed by atoms with Crippen LogP contribution in [0.4, 0.5) is 10.1 Å². The van der Waals surface area contributed by atoms with Crippen LogP contribution >= 0.6 is 0 Å². The van der Waals surface area contributed by atoms with Crippen LogP contribution in [0.5, 0.6) is 0 Å². The number of halogens is 1. The van der Waals surface area contributed by atoms with Crippen molar-refractivity contribution < 1.29 is 13.8 Å². The SMILES string of the molecule is C[n+]1cc(C(=O)Nc2cc(C(CCC3CC3)n3ccncc3=O)ccc2F)n(-c2cccc(CN)c2)c1. The fraction of sp³-hybridized carbons (Fsp3) is 0.286. The van der Waals surface area contributed by atoms with Crippen molar-refractivity contribution in [2.24, 2.45) is 18.7 Å². The lowest BCUT2D eigenvalue weighted by Crippen LogP contribution is -2.25. The number of hydrogen-bond acceptors (Lipinski definition) is 4. The molecule has 1 amide bonds. The second-order valence-electron chi connectivity index (χ2n) is 9.59. The summed E-state index contributed by atoms with van der Waals surface area (Å²) >= 11 is 0. The smallest absolute Gasteiger partial charge is 0.299 e. The normalized spacial score (nSPS) is 13.9. The van der Waals surface area contributed by atoms with Crippen molar-refractivity contribution in [1.82, 2.24) is 14.1 Å². The minimum absolute atomic E-state index is 0.0622. The van der Waals surface area contributed by atoms with Crippen LogP contribution in [0, 0.1) is 11.7 Å². The van der Waals surface area contributed by atoms with Gasteiger partial charge < -0.3 is 15.6 Å². The summed E-state index contributed by atoms with van der Waals surface area (Å²) in [5, 5.41) is 2.74. The van der Waals surface area contributed by atoms with Crippen molar-refractivity contribution in [1.29, 1.82) is 0 Å². The largest absolute Gasteiger partial charge is 0.326 e. The van der Waals surface area contributed by atoms with Crippen LogP contribution < -0.4 is 21.2 Å². The van der Waals surface area contributed by atoms with Crippen LogP contribution in [-0.4, -0.2) is 20.0 Å². The van der Waals surface area contributed by atoms with E-state index in [1.165, 1.54) is 25.1 Å². The topological polar surface area (TPSA) is 98.8 Å². The van der Waals surface area contributed by atoms with Gasteiger partial charge in [-0.1, -0.05) is 31.0 Å². The third kappa shape index (κ3) is 5.51. The Hall–Kier alpha value is -4.11. The molecule has 1 unspecified atom stereocenters. The van der Waals surface area contributed by atoms with E-state index in [2.05, 4.69) is 10.3 Å². The fourth-order valence-corrected chi connectivity index (χ4v) is 4.65. The number of carbonyl (C=O) groups is 1. The van der Waals surface area contributed by atoms with Gasteiger partial charge in [0.15, 0.2) is 0 Å². The quantitative estimate of drug-likeness (QED) is 0.343. The van der Waals surface area contributed by atoms with E-state index in [1.54, 1.807) is 50.8 Å². The van der Waals surface area contributed by atoms with Crippen molar-refractivity contribution in [3.8, 4) is 5.69 Å². The molecule has 5 rings (SSSR count). The molecule has 1 saturated carbocycles. The molecule has 9 heteroatoms. The Morgan fingerprint density at radius 3 is 2.86 bits per heavy atom. The number of anilines is 1. The number of nitrogens with one attached hydrogen (secondary N) is 1. The summed E-state index contributed by atoms with van der Waals surface area (Å²) in [5.74, 6) is -0.330. The number of nitrogens with two attached hydrogens (primary N) is 1. The Morgan fingerprint density at radius 2 is 2.11 bits per heavy atom. The highest BCUT2D eigenvalue weighted by Gasteiger charge is 2.26. The maximum atomic E-state index is 14.9. The summed E-state index contributed by atoms with van der Waals surface area (Å²) in [7, 11) is 1.82. The van der Waals surface area contributed by atoms with Gasteiger partial charge in [0.05, 0.1) is 25.0 Å². The van der Waals surface area contributed by atoms with E-state index in [9.17, 15) is 14.0 Å². The Kier molecular flexibility index (Phi) is 6.96. The second-order valence-corrected chi connectivity index (χ2v) is 9.59. The Labute approximate surface area is 214 Å². The highest BCUT2D eigenvalue weighted by molar-refractivity contribution is 6.03. The van der Waals surface area contributed by atoms with Crippen molar-refractivity contribution in [2.45, 2.75) is 38.3 Å². The van der Waals surface area contributed by atoms with Crippen LogP contribution in [-0.2, 0) is 13.6 Å². The lowest BCUT2D eigenvalue weighted by Gasteiger charge is -2.21. The number of nitrogens with zero attached hydrogens (tertiary/aromatic N) is 4. The van der Waals surface area contributed by atoms with Gasteiger partial charge in [-0.2, -0.15) is 4.57 Å². The first-order valence-electron chi connectivity index (χ1n) is 12.4. The van der Waals surface area contributed by atoms with Crippen molar-refractivity contribution in [2.75, 3.05) is 5.32 Å². The van der Waals surface area contributed by atoms with Crippen molar-refractivity contribution in [3.05, 3.63) is 107 Å². The van der Waals surface area contributed by atoms with Gasteiger partial charge in [-0.05, 0) is 54.2 Å². The third-order valence-corrected chi connectivity index (χ3v) is 6.80. The van der Waals surface area contributed by atoms with E-state index < -0.39 is 11.7 Å². The maximum absolute atomic E-state index is 14.9. The fourth-order valence-electron chi connectivity index (χ4n) is 4.65. The zero-order valence-electron chi connectivity index (χ0n) is 20.7. The highest BCUT2D eigenvalue weighted by atomic mass is 19.1. The van der Waals surface area contributed by atoms with E-state index in [-0.39, 0.29) is 17.3 Å². The number of amides is 1. The van der Waals surface area contributed by atoms with Crippen molar-refractivity contribution in [3.63, 3.8) is 0 Å². The Bertz CT molecular complexity index is 1490. The summed E-state index contributed by atoms with van der Waals surface area (Å²) in [6, 6.07) is 11.9. The zero-order chi connectivity index (χ0) is 25.9. The van der Waals surface area contributed by atoms with E-state index in [4.69, 9.17) is 5.73 Å². The average Bonchev–Trinajstić information content (AvgIpc) is 3.65. The van der Waals surface area contributed by atoms with Crippen LogP contribution in [0.3, 0.4) is 0 Å². The molecule has 1 fully saturated rings. The molecule has 8 nitrogen and oxygen atoms in total. The molecule has 2 aromatic carbocycles. The summed E-state index contributed by atoms with van der Waals surface area (Å²) in [4.78, 5) is 29.8. The minimum atomic E-state index is -0.548. The standard InChI is InChI=1S/C28H29FN6O2/c1-33-17-26(35(18-33)22-4-2-3-20(13-22)15-30)28(37)32-24-14-21(8-9-23(24)29)25(10-7-19-5-6-19)34-12-11-31-16-27(34)36/h2-4,8-9,11-14,16-19,25H,5-7,10,15,30H2,1H3/p+1. The molecular weight excluding hydrogens is 471 g/mol. The van der Waals surface area contributed by atoms with Gasteiger partial charge in [0.25, 0.3) is 11.5 Å². The molecule has 0 bridgehead atoms. The average molecular weight is 502 g/mol. The van der Waals surface area contributed by atoms with Gasteiger partial charge in [-0.3, -0.25) is 14.6 Å². The summed E-state index contributed by atoms with van der Waals surface area (Å²) in [6.07, 6.45) is 12.1. The number of benzene rings is 2. The predicted octanol–water partition coefficient (Wildman–Crippen LogP) is 3.49. The van der Waals surface area contributed by atoms with Gasteiger partial charge in [0.1, 0.15) is 17.7 Å². The molecule has 0 aliphatic heterocycles. The third-order valence-electron chi connectivity index (χ3n) is 6.80. The molecular formula is C28H30FN6O2+. The number of carbonyl (C=O) groups excluding carboxylic acids is 1. The molecule has 3 N–H and O–H groups in total. The van der Waals surface area contributed by atoms with Crippen LogP contribution in [0.2, 0.25) is 0 Å². The molecule has 0 spiro atoms. The lowest BCUT2D eigenvalue weighted by atomic mass is 9.99. The van der Waals surface area contributed by atoms with Gasteiger partial charge in [0.2, 0.25) is 12.0 Å². The number of aryl methyl sites for hydroxylation is 1. The number of hydrogen-bond donors (Lipinski definition) is 2. The Balaban J connectivity index is 1.46. The summed E-state index contributed by atoms with van der Waals surface area (Å²) in [6.45, 7) is 0.378. The number of rotatable bonds is 9. The first kappa shape index (κ1) is 24.6. The minimum Gasteiger partial charge on any atom is -0.326 e. The first-order valence-corrected chi connectivity index (χ1v) is 12.4. The van der Waals surface area contributed by atoms with E-state index in [0.717, 1.165) is 29.7 Å². The maximum Gasteiger partial charge on any atom is 0.299 e. The number of aromatic nitrogens is 4.